The van der Waals surface area contributed by atoms with Gasteiger partial charge in [-0.3, -0.25) is 0 Å². The van der Waals surface area contributed by atoms with Gasteiger partial charge in [-0.05, 0) is 26.3 Å². The summed E-state index contributed by atoms with van der Waals surface area (Å²) in [6.07, 6.45) is 1.54. The van der Waals surface area contributed by atoms with Crippen LogP contribution in [0.15, 0.2) is 6.33 Å². The highest BCUT2D eigenvalue weighted by Gasteiger charge is 2.13. The molecule has 0 bridgehead atoms. The Kier molecular flexibility index (Phi) is 5.15. The van der Waals surface area contributed by atoms with Crippen LogP contribution in [0.1, 0.15) is 19.4 Å². The molecule has 1 aromatic heterocycles. The summed E-state index contributed by atoms with van der Waals surface area (Å²) in [5.74, 6) is 2.00. The monoisotopic (exact) mass is 238 g/mol. The number of ether oxygens (including phenoxy) is 1. The zero-order chi connectivity index (χ0) is 12.8. The Morgan fingerprint density at radius 1 is 1.47 bits per heavy atom. The van der Waals surface area contributed by atoms with Gasteiger partial charge in [0.2, 0.25) is 5.88 Å². The minimum absolute atomic E-state index is 0.435. The lowest BCUT2D eigenvalue weighted by Crippen LogP contribution is -2.29. The van der Waals surface area contributed by atoms with Crippen LogP contribution in [0.4, 0.5) is 5.82 Å². The average Bonchev–Trinajstić information content (AvgIpc) is 2.31. The van der Waals surface area contributed by atoms with Crippen LogP contribution in [0.25, 0.3) is 0 Å². The van der Waals surface area contributed by atoms with Gasteiger partial charge in [-0.2, -0.15) is 0 Å². The maximum atomic E-state index is 5.63. The molecule has 0 aliphatic carbocycles. The first-order valence-electron chi connectivity index (χ1n) is 5.95. The lowest BCUT2D eigenvalue weighted by Gasteiger charge is -2.23. The topological polar surface area (TPSA) is 64.3 Å². The molecule has 5 nitrogen and oxygen atoms in total. The van der Waals surface area contributed by atoms with E-state index in [0.717, 1.165) is 17.9 Å². The fourth-order valence-electron chi connectivity index (χ4n) is 1.72. The molecular weight excluding hydrogens is 216 g/mol. The largest absolute Gasteiger partial charge is 0.478 e. The molecule has 2 N–H and O–H groups in total. The highest BCUT2D eigenvalue weighted by molar-refractivity contribution is 5.49. The summed E-state index contributed by atoms with van der Waals surface area (Å²) in [5.41, 5.74) is 6.60. The first-order valence-corrected chi connectivity index (χ1v) is 5.95. The fraction of sp³-hybridized carbons (Fsp3) is 0.667. The van der Waals surface area contributed by atoms with Crippen molar-refractivity contribution in [1.29, 1.82) is 0 Å². The molecule has 1 aromatic rings. The molecule has 1 atom stereocenters. The van der Waals surface area contributed by atoms with E-state index in [4.69, 9.17) is 10.5 Å². The van der Waals surface area contributed by atoms with Crippen molar-refractivity contribution in [1.82, 2.24) is 9.97 Å². The number of aromatic nitrogens is 2. The molecule has 1 rings (SSSR count). The average molecular weight is 238 g/mol. The minimum Gasteiger partial charge on any atom is -0.478 e. The SMILES string of the molecule is CCOc1ncnc(N(C)CC(C)CN)c1C. The van der Waals surface area contributed by atoms with Gasteiger partial charge in [0, 0.05) is 13.6 Å². The van der Waals surface area contributed by atoms with Crippen molar-refractivity contribution in [3.05, 3.63) is 11.9 Å². The van der Waals surface area contributed by atoms with Gasteiger partial charge in [0.05, 0.1) is 12.2 Å². The molecule has 5 heteroatoms. The normalized spacial score (nSPS) is 12.3. The zero-order valence-corrected chi connectivity index (χ0v) is 11.1. The number of hydrogen-bond acceptors (Lipinski definition) is 5. The lowest BCUT2D eigenvalue weighted by molar-refractivity contribution is 0.323. The molecule has 1 unspecified atom stereocenters. The quantitative estimate of drug-likeness (QED) is 0.807. The number of nitrogens with two attached hydrogens (primary N) is 1. The fourth-order valence-corrected chi connectivity index (χ4v) is 1.72. The van der Waals surface area contributed by atoms with Gasteiger partial charge in [0.25, 0.3) is 0 Å². The molecule has 0 aromatic carbocycles. The van der Waals surface area contributed by atoms with E-state index in [-0.39, 0.29) is 0 Å². The van der Waals surface area contributed by atoms with E-state index in [0.29, 0.717) is 24.9 Å². The second-order valence-electron chi connectivity index (χ2n) is 4.28. The maximum Gasteiger partial charge on any atom is 0.221 e. The Bertz CT molecular complexity index is 356. The van der Waals surface area contributed by atoms with Crippen LogP contribution in [-0.2, 0) is 0 Å². The number of hydrogen-bond donors (Lipinski definition) is 1. The number of nitrogens with zero attached hydrogens (tertiary/aromatic N) is 3. The smallest absolute Gasteiger partial charge is 0.221 e. The van der Waals surface area contributed by atoms with Crippen LogP contribution < -0.4 is 15.4 Å². The van der Waals surface area contributed by atoms with E-state index in [1.165, 1.54) is 6.33 Å². The second kappa shape index (κ2) is 6.39. The molecule has 0 spiro atoms. The summed E-state index contributed by atoms with van der Waals surface area (Å²) in [7, 11) is 2.01. The highest BCUT2D eigenvalue weighted by atomic mass is 16.5. The lowest BCUT2D eigenvalue weighted by atomic mass is 10.1. The van der Waals surface area contributed by atoms with Crippen LogP contribution >= 0.6 is 0 Å². The van der Waals surface area contributed by atoms with Crippen molar-refractivity contribution in [3.8, 4) is 5.88 Å². The molecule has 0 saturated heterocycles. The van der Waals surface area contributed by atoms with E-state index >= 15 is 0 Å². The van der Waals surface area contributed by atoms with Crippen molar-refractivity contribution in [2.24, 2.45) is 11.7 Å². The van der Waals surface area contributed by atoms with Gasteiger partial charge in [0.15, 0.2) is 0 Å². The predicted octanol–water partition coefficient (Wildman–Crippen LogP) is 1.21. The highest BCUT2D eigenvalue weighted by Crippen LogP contribution is 2.23. The summed E-state index contributed by atoms with van der Waals surface area (Å²) < 4.78 is 5.46. The summed E-state index contributed by atoms with van der Waals surface area (Å²) in [5, 5.41) is 0. The van der Waals surface area contributed by atoms with Crippen molar-refractivity contribution in [2.45, 2.75) is 20.8 Å². The summed E-state index contributed by atoms with van der Waals surface area (Å²) >= 11 is 0. The summed E-state index contributed by atoms with van der Waals surface area (Å²) in [4.78, 5) is 10.5. The Hall–Kier alpha value is -1.36. The van der Waals surface area contributed by atoms with Crippen molar-refractivity contribution < 1.29 is 4.74 Å². The van der Waals surface area contributed by atoms with Gasteiger partial charge in [0.1, 0.15) is 12.1 Å². The number of anilines is 1. The molecule has 0 aliphatic heterocycles. The first kappa shape index (κ1) is 13.7. The Balaban J connectivity index is 2.86. The molecule has 0 saturated carbocycles. The molecule has 96 valence electrons. The van der Waals surface area contributed by atoms with Crippen molar-refractivity contribution in [3.63, 3.8) is 0 Å². The van der Waals surface area contributed by atoms with Crippen molar-refractivity contribution in [2.75, 3.05) is 31.6 Å². The van der Waals surface area contributed by atoms with E-state index < -0.39 is 0 Å². The molecular formula is C12H22N4O. The van der Waals surface area contributed by atoms with Crippen LogP contribution in [0.5, 0.6) is 5.88 Å². The van der Waals surface area contributed by atoms with Gasteiger partial charge in [-0.15, -0.1) is 0 Å². The van der Waals surface area contributed by atoms with Gasteiger partial charge < -0.3 is 15.4 Å². The van der Waals surface area contributed by atoms with Crippen molar-refractivity contribution >= 4 is 5.82 Å². The molecule has 17 heavy (non-hydrogen) atoms. The van der Waals surface area contributed by atoms with E-state index in [2.05, 4.69) is 21.8 Å². The molecule has 0 radical (unpaired) electrons. The predicted molar refractivity (Wildman–Crippen MR) is 69.4 cm³/mol. The summed E-state index contributed by atoms with van der Waals surface area (Å²) in [6.45, 7) is 8.20. The van der Waals surface area contributed by atoms with E-state index in [9.17, 15) is 0 Å². The van der Waals surface area contributed by atoms with Crippen LogP contribution in [0, 0.1) is 12.8 Å². The van der Waals surface area contributed by atoms with Crippen LogP contribution in [0.2, 0.25) is 0 Å². The minimum atomic E-state index is 0.435. The Morgan fingerprint density at radius 3 is 2.76 bits per heavy atom. The van der Waals surface area contributed by atoms with E-state index in [1.807, 2.05) is 20.9 Å². The second-order valence-corrected chi connectivity index (χ2v) is 4.28. The maximum absolute atomic E-state index is 5.63. The molecule has 0 aliphatic rings. The third kappa shape index (κ3) is 3.56. The van der Waals surface area contributed by atoms with Crippen LogP contribution in [0.3, 0.4) is 0 Å². The standard InChI is InChI=1S/C12H22N4O/c1-5-17-12-10(3)11(14-8-15-12)16(4)7-9(2)6-13/h8-9H,5-7,13H2,1-4H3. The molecule has 0 fully saturated rings. The third-order valence-corrected chi connectivity index (χ3v) is 2.64. The van der Waals surface area contributed by atoms with Gasteiger partial charge >= 0.3 is 0 Å². The first-order chi connectivity index (χ1) is 8.10. The van der Waals surface area contributed by atoms with Gasteiger partial charge in [-0.25, -0.2) is 9.97 Å². The van der Waals surface area contributed by atoms with E-state index in [1.54, 1.807) is 0 Å². The Labute approximate surface area is 103 Å². The zero-order valence-electron chi connectivity index (χ0n) is 11.1. The molecule has 0 amide bonds. The summed E-state index contributed by atoms with van der Waals surface area (Å²) in [6, 6.07) is 0. The van der Waals surface area contributed by atoms with Gasteiger partial charge in [-0.1, -0.05) is 6.92 Å². The Morgan fingerprint density at radius 2 is 2.18 bits per heavy atom. The number of rotatable bonds is 6. The molecule has 1 heterocycles. The van der Waals surface area contributed by atoms with Crippen LogP contribution in [-0.4, -0.2) is 36.7 Å². The third-order valence-electron chi connectivity index (χ3n) is 2.64.